The number of rotatable bonds is 8. The van der Waals surface area contributed by atoms with Gasteiger partial charge in [0.25, 0.3) is 0 Å². The molecule has 0 atom stereocenters. The highest BCUT2D eigenvalue weighted by molar-refractivity contribution is 7.10. The van der Waals surface area contributed by atoms with E-state index in [4.69, 9.17) is 0 Å². The second-order valence-electron chi connectivity index (χ2n) is 4.08. The van der Waals surface area contributed by atoms with Gasteiger partial charge in [0.05, 0.1) is 0 Å². The van der Waals surface area contributed by atoms with Crippen molar-refractivity contribution in [2.45, 2.75) is 33.7 Å². The molecule has 0 unspecified atom stereocenters. The predicted molar refractivity (Wildman–Crippen MR) is 73.2 cm³/mol. The average Bonchev–Trinajstić information content (AvgIpc) is 2.70. The third kappa shape index (κ3) is 4.64. The molecule has 16 heavy (non-hydrogen) atoms. The first-order valence-electron chi connectivity index (χ1n) is 6.24. The quantitative estimate of drug-likeness (QED) is 0.703. The van der Waals surface area contributed by atoms with Gasteiger partial charge in [0.2, 0.25) is 0 Å². The van der Waals surface area contributed by atoms with Crippen molar-refractivity contribution in [3.05, 3.63) is 21.9 Å². The van der Waals surface area contributed by atoms with Gasteiger partial charge in [0.1, 0.15) is 0 Å². The van der Waals surface area contributed by atoms with Crippen molar-refractivity contribution in [2.24, 2.45) is 0 Å². The molecule has 0 amide bonds. The lowest BCUT2D eigenvalue weighted by Gasteiger charge is -2.17. The van der Waals surface area contributed by atoms with Gasteiger partial charge in [-0.25, -0.2) is 0 Å². The summed E-state index contributed by atoms with van der Waals surface area (Å²) in [6, 6.07) is 2.19. The van der Waals surface area contributed by atoms with E-state index >= 15 is 0 Å². The minimum atomic E-state index is 1.03. The van der Waals surface area contributed by atoms with Crippen LogP contribution in [-0.4, -0.2) is 31.1 Å². The second-order valence-corrected chi connectivity index (χ2v) is 5.08. The van der Waals surface area contributed by atoms with E-state index in [2.05, 4.69) is 42.4 Å². The van der Waals surface area contributed by atoms with Gasteiger partial charge >= 0.3 is 0 Å². The Labute approximate surface area is 104 Å². The molecule has 0 fully saturated rings. The van der Waals surface area contributed by atoms with Crippen LogP contribution in [0.25, 0.3) is 0 Å². The van der Waals surface area contributed by atoms with E-state index in [0.717, 1.165) is 13.1 Å². The summed E-state index contributed by atoms with van der Waals surface area (Å²) >= 11 is 1.85. The van der Waals surface area contributed by atoms with Gasteiger partial charge in [-0.1, -0.05) is 13.8 Å². The summed E-state index contributed by atoms with van der Waals surface area (Å²) in [6.45, 7) is 12.3. The Bertz CT molecular complexity index is 279. The number of nitrogens with one attached hydrogen (secondary N) is 1. The molecule has 3 heteroatoms. The lowest BCUT2D eigenvalue weighted by molar-refractivity contribution is 0.298. The largest absolute Gasteiger partial charge is 0.312 e. The van der Waals surface area contributed by atoms with E-state index < -0.39 is 0 Å². The van der Waals surface area contributed by atoms with Gasteiger partial charge in [-0.05, 0) is 56.5 Å². The monoisotopic (exact) mass is 240 g/mol. The molecule has 0 saturated heterocycles. The van der Waals surface area contributed by atoms with Crippen molar-refractivity contribution in [2.75, 3.05) is 26.2 Å². The van der Waals surface area contributed by atoms with Crippen LogP contribution in [0.15, 0.2) is 11.4 Å². The molecule has 92 valence electrons. The smallest absolute Gasteiger partial charge is 0.0302 e. The van der Waals surface area contributed by atoms with E-state index in [0.29, 0.717) is 0 Å². The first-order chi connectivity index (χ1) is 7.77. The molecular weight excluding hydrogens is 216 g/mol. The highest BCUT2D eigenvalue weighted by Gasteiger charge is 2.00. The van der Waals surface area contributed by atoms with Crippen molar-refractivity contribution >= 4 is 11.3 Å². The summed E-state index contributed by atoms with van der Waals surface area (Å²) in [5, 5.41) is 5.68. The van der Waals surface area contributed by atoms with Gasteiger partial charge in [0, 0.05) is 11.4 Å². The molecule has 0 aromatic carbocycles. The summed E-state index contributed by atoms with van der Waals surface area (Å²) in [7, 11) is 0. The average molecular weight is 240 g/mol. The summed E-state index contributed by atoms with van der Waals surface area (Å²) in [4.78, 5) is 3.95. The van der Waals surface area contributed by atoms with Crippen LogP contribution < -0.4 is 5.32 Å². The fourth-order valence-electron chi connectivity index (χ4n) is 1.75. The molecule has 0 aliphatic rings. The Morgan fingerprint density at radius 3 is 2.62 bits per heavy atom. The lowest BCUT2D eigenvalue weighted by atomic mass is 10.3. The standard InChI is InChI=1S/C13H24N2S/c1-4-15(5-2)9-6-8-14-11-13-12(3)7-10-16-13/h7,10,14H,4-6,8-9,11H2,1-3H3. The number of thiophene rings is 1. The van der Waals surface area contributed by atoms with Gasteiger partial charge in [-0.2, -0.15) is 0 Å². The van der Waals surface area contributed by atoms with Crippen LogP contribution in [0.4, 0.5) is 0 Å². The van der Waals surface area contributed by atoms with E-state index in [1.165, 1.54) is 36.5 Å². The van der Waals surface area contributed by atoms with Crippen LogP contribution in [0, 0.1) is 6.92 Å². The third-order valence-corrected chi connectivity index (χ3v) is 4.00. The fourth-order valence-corrected chi connectivity index (χ4v) is 2.63. The molecule has 0 radical (unpaired) electrons. The maximum absolute atomic E-state index is 3.52. The van der Waals surface area contributed by atoms with Crippen molar-refractivity contribution in [1.82, 2.24) is 10.2 Å². The summed E-state index contributed by atoms with van der Waals surface area (Å²) < 4.78 is 0. The van der Waals surface area contributed by atoms with Gasteiger partial charge in [0.15, 0.2) is 0 Å². The Balaban J connectivity index is 2.06. The minimum Gasteiger partial charge on any atom is -0.312 e. The SMILES string of the molecule is CCN(CC)CCCNCc1sccc1C. The zero-order chi connectivity index (χ0) is 11.8. The predicted octanol–water partition coefficient (Wildman–Crippen LogP) is 2.88. The normalized spacial score (nSPS) is 11.2. The second kappa shape index (κ2) is 7.82. The number of aryl methyl sites for hydroxylation is 1. The zero-order valence-electron chi connectivity index (χ0n) is 10.8. The topological polar surface area (TPSA) is 15.3 Å². The molecule has 1 rings (SSSR count). The Morgan fingerprint density at radius 2 is 2.06 bits per heavy atom. The van der Waals surface area contributed by atoms with Crippen molar-refractivity contribution in [1.29, 1.82) is 0 Å². The summed E-state index contributed by atoms with van der Waals surface area (Å²) in [5.41, 5.74) is 1.42. The summed E-state index contributed by atoms with van der Waals surface area (Å²) in [6.07, 6.45) is 1.24. The highest BCUT2D eigenvalue weighted by atomic mass is 32.1. The van der Waals surface area contributed by atoms with Crippen LogP contribution in [-0.2, 0) is 6.54 Å². The maximum atomic E-state index is 3.52. The molecule has 0 aliphatic heterocycles. The summed E-state index contributed by atoms with van der Waals surface area (Å²) in [5.74, 6) is 0. The highest BCUT2D eigenvalue weighted by Crippen LogP contribution is 2.14. The lowest BCUT2D eigenvalue weighted by Crippen LogP contribution is -2.27. The third-order valence-electron chi connectivity index (χ3n) is 2.98. The fraction of sp³-hybridized carbons (Fsp3) is 0.692. The van der Waals surface area contributed by atoms with Crippen LogP contribution >= 0.6 is 11.3 Å². The van der Waals surface area contributed by atoms with Crippen molar-refractivity contribution in [3.8, 4) is 0 Å². The molecule has 1 heterocycles. The zero-order valence-corrected chi connectivity index (χ0v) is 11.6. The van der Waals surface area contributed by atoms with Crippen molar-refractivity contribution in [3.63, 3.8) is 0 Å². The van der Waals surface area contributed by atoms with Crippen LogP contribution in [0.1, 0.15) is 30.7 Å². The molecule has 0 bridgehead atoms. The van der Waals surface area contributed by atoms with Crippen molar-refractivity contribution < 1.29 is 0 Å². The Hall–Kier alpha value is -0.380. The first-order valence-corrected chi connectivity index (χ1v) is 7.12. The van der Waals surface area contributed by atoms with Gasteiger partial charge < -0.3 is 10.2 Å². The molecule has 0 aliphatic carbocycles. The van der Waals surface area contributed by atoms with E-state index in [1.807, 2.05) is 11.3 Å². The van der Waals surface area contributed by atoms with E-state index in [9.17, 15) is 0 Å². The van der Waals surface area contributed by atoms with E-state index in [-0.39, 0.29) is 0 Å². The Kier molecular flexibility index (Phi) is 6.69. The first kappa shape index (κ1) is 13.7. The molecule has 2 nitrogen and oxygen atoms in total. The number of hydrogen-bond acceptors (Lipinski definition) is 3. The van der Waals surface area contributed by atoms with Gasteiger partial charge in [-0.15, -0.1) is 11.3 Å². The number of nitrogens with zero attached hydrogens (tertiary/aromatic N) is 1. The molecule has 1 N–H and O–H groups in total. The Morgan fingerprint density at radius 1 is 1.31 bits per heavy atom. The minimum absolute atomic E-state index is 1.03. The number of hydrogen-bond donors (Lipinski definition) is 1. The molecule has 0 spiro atoms. The molecular formula is C13H24N2S. The van der Waals surface area contributed by atoms with Crippen LogP contribution in [0.3, 0.4) is 0 Å². The van der Waals surface area contributed by atoms with Gasteiger partial charge in [-0.3, -0.25) is 0 Å². The van der Waals surface area contributed by atoms with E-state index in [1.54, 1.807) is 0 Å². The molecule has 1 aromatic heterocycles. The molecule has 0 saturated carbocycles. The maximum Gasteiger partial charge on any atom is 0.0302 e. The molecule has 1 aromatic rings. The van der Waals surface area contributed by atoms with Crippen LogP contribution in [0.2, 0.25) is 0 Å². The van der Waals surface area contributed by atoms with Crippen LogP contribution in [0.5, 0.6) is 0 Å².